The number of carbonyl (C=O) groups is 1. The van der Waals surface area contributed by atoms with Crippen molar-refractivity contribution < 1.29 is 9.00 Å². The molecule has 2 aromatic carbocycles. The molecule has 2 aliphatic rings. The van der Waals surface area contributed by atoms with Crippen LogP contribution in [0.3, 0.4) is 0 Å². The van der Waals surface area contributed by atoms with Crippen LogP contribution < -0.4 is 10.0 Å². The van der Waals surface area contributed by atoms with E-state index in [4.69, 9.17) is 0 Å². The number of hydrogen-bond acceptors (Lipinski definition) is 3. The molecule has 160 valence electrons. The molecule has 1 unspecified atom stereocenters. The van der Waals surface area contributed by atoms with Gasteiger partial charge in [-0.1, -0.05) is 18.2 Å². The monoisotopic (exact) mass is 426 g/mol. The van der Waals surface area contributed by atoms with Gasteiger partial charge in [-0.15, -0.1) is 4.36 Å². The molecule has 0 bridgehead atoms. The maximum absolute atomic E-state index is 13.4. The summed E-state index contributed by atoms with van der Waals surface area (Å²) in [5.41, 5.74) is 7.20. The molecule has 2 aromatic rings. The smallest absolute Gasteiger partial charge is 0.305 e. The van der Waals surface area contributed by atoms with Crippen LogP contribution in [0.25, 0.3) is 0 Å². The molecule has 0 fully saturated rings. The van der Waals surface area contributed by atoms with Crippen LogP contribution in [0.5, 0.6) is 0 Å². The fraction of sp³-hybridized carbons (Fsp3) is 0.435. The SMILES string of the molecule is CNS(=O)(=NC(=O)Nc1c2c(cc3c1CCC3)CCC2)c1ccc(CN(C)C)cc1. The number of nitrogens with zero attached hydrogens (tertiary/aromatic N) is 2. The first kappa shape index (κ1) is 21.0. The molecule has 0 saturated carbocycles. The van der Waals surface area contributed by atoms with Gasteiger partial charge in [0.25, 0.3) is 0 Å². The Hall–Kier alpha value is -2.22. The molecule has 2 aliphatic carbocycles. The second-order valence-electron chi connectivity index (χ2n) is 8.37. The van der Waals surface area contributed by atoms with Crippen molar-refractivity contribution in [1.82, 2.24) is 9.62 Å². The number of hydrogen-bond donors (Lipinski definition) is 2. The molecule has 0 spiro atoms. The Morgan fingerprint density at radius 3 is 2.17 bits per heavy atom. The lowest BCUT2D eigenvalue weighted by Crippen LogP contribution is -2.22. The number of rotatable bonds is 5. The highest BCUT2D eigenvalue weighted by Gasteiger charge is 2.25. The van der Waals surface area contributed by atoms with Gasteiger partial charge < -0.3 is 10.2 Å². The van der Waals surface area contributed by atoms with Crippen molar-refractivity contribution in [1.29, 1.82) is 0 Å². The van der Waals surface area contributed by atoms with Gasteiger partial charge in [-0.05, 0) is 99.6 Å². The number of amides is 2. The number of benzene rings is 2. The average Bonchev–Trinajstić information content (AvgIpc) is 3.37. The molecule has 0 saturated heterocycles. The van der Waals surface area contributed by atoms with E-state index in [1.807, 2.05) is 26.2 Å². The summed E-state index contributed by atoms with van der Waals surface area (Å²) in [6.07, 6.45) is 6.32. The van der Waals surface area contributed by atoms with Crippen molar-refractivity contribution in [3.05, 3.63) is 58.1 Å². The number of fused-ring (bicyclic) bond motifs is 2. The van der Waals surface area contributed by atoms with E-state index in [9.17, 15) is 9.00 Å². The zero-order chi connectivity index (χ0) is 21.3. The standard InChI is InChI=1S/C23H30N4O2S/c1-24-30(29,19-12-10-16(11-13-19)15-27(2)3)26-23(28)25-22-20-8-4-6-17(20)14-18-7-5-9-21(18)22/h10-14H,4-9,15H2,1-3H3,(H2,24,25,26,28,29). The highest BCUT2D eigenvalue weighted by atomic mass is 32.2. The molecule has 2 amide bonds. The van der Waals surface area contributed by atoms with Gasteiger partial charge in [0.1, 0.15) is 9.92 Å². The van der Waals surface area contributed by atoms with Crippen LogP contribution in [0.4, 0.5) is 10.5 Å². The molecule has 30 heavy (non-hydrogen) atoms. The van der Waals surface area contributed by atoms with Gasteiger partial charge in [-0.2, -0.15) is 0 Å². The van der Waals surface area contributed by atoms with E-state index in [1.54, 1.807) is 19.2 Å². The minimum Gasteiger partial charge on any atom is -0.305 e. The van der Waals surface area contributed by atoms with Crippen LogP contribution in [0, 0.1) is 0 Å². The number of urea groups is 1. The Balaban J connectivity index is 1.63. The van der Waals surface area contributed by atoms with Crippen molar-refractivity contribution in [2.45, 2.75) is 50.0 Å². The third-order valence-corrected chi connectivity index (χ3v) is 7.82. The molecule has 7 heteroatoms. The average molecular weight is 427 g/mol. The van der Waals surface area contributed by atoms with Gasteiger partial charge in [0.15, 0.2) is 0 Å². The van der Waals surface area contributed by atoms with Crippen molar-refractivity contribution in [3.8, 4) is 0 Å². The molecule has 0 aromatic heterocycles. The van der Waals surface area contributed by atoms with Gasteiger partial charge in [0.05, 0.1) is 4.90 Å². The molecule has 2 N–H and O–H groups in total. The van der Waals surface area contributed by atoms with Crippen molar-refractivity contribution in [3.63, 3.8) is 0 Å². The summed E-state index contributed by atoms with van der Waals surface area (Å²) in [7, 11) is 2.53. The lowest BCUT2D eigenvalue weighted by atomic mass is 9.99. The summed E-state index contributed by atoms with van der Waals surface area (Å²) in [5, 5.41) is 3.01. The van der Waals surface area contributed by atoms with E-state index >= 15 is 0 Å². The van der Waals surface area contributed by atoms with Crippen LogP contribution in [-0.4, -0.2) is 36.3 Å². The number of nitrogens with one attached hydrogen (secondary N) is 2. The number of carbonyl (C=O) groups excluding carboxylic acids is 1. The van der Waals surface area contributed by atoms with Gasteiger partial charge in [-0.25, -0.2) is 13.7 Å². The Morgan fingerprint density at radius 1 is 1.03 bits per heavy atom. The topological polar surface area (TPSA) is 73.8 Å². The van der Waals surface area contributed by atoms with Gasteiger partial charge in [0.2, 0.25) is 0 Å². The van der Waals surface area contributed by atoms with E-state index in [0.717, 1.165) is 56.3 Å². The molecule has 1 atom stereocenters. The first-order valence-corrected chi connectivity index (χ1v) is 12.1. The number of aryl methyl sites for hydroxylation is 2. The fourth-order valence-electron chi connectivity index (χ4n) is 4.57. The predicted octanol–water partition coefficient (Wildman–Crippen LogP) is 3.92. The van der Waals surface area contributed by atoms with E-state index in [1.165, 1.54) is 22.3 Å². The Bertz CT molecular complexity index is 1050. The van der Waals surface area contributed by atoms with Crippen molar-refractivity contribution in [2.75, 3.05) is 26.5 Å². The minimum absolute atomic E-state index is 0.506. The maximum atomic E-state index is 13.4. The van der Waals surface area contributed by atoms with Gasteiger partial charge in [-0.3, -0.25) is 0 Å². The highest BCUT2D eigenvalue weighted by molar-refractivity contribution is 7.92. The van der Waals surface area contributed by atoms with E-state index in [-0.39, 0.29) is 0 Å². The molecule has 0 heterocycles. The molecular weight excluding hydrogens is 396 g/mol. The van der Waals surface area contributed by atoms with E-state index < -0.39 is 15.9 Å². The normalized spacial score (nSPS) is 16.8. The largest absolute Gasteiger partial charge is 0.354 e. The predicted molar refractivity (Wildman–Crippen MR) is 121 cm³/mol. The van der Waals surface area contributed by atoms with Crippen molar-refractivity contribution >= 4 is 21.6 Å². The van der Waals surface area contributed by atoms with Crippen LogP contribution in [0.1, 0.15) is 40.7 Å². The van der Waals surface area contributed by atoms with Crippen LogP contribution in [0.2, 0.25) is 0 Å². The molecule has 4 rings (SSSR count). The van der Waals surface area contributed by atoms with Crippen LogP contribution >= 0.6 is 0 Å². The molecule has 0 aliphatic heterocycles. The fourth-order valence-corrected chi connectivity index (χ4v) is 5.79. The summed E-state index contributed by atoms with van der Waals surface area (Å²) in [5.74, 6) is 0. The molecule has 0 radical (unpaired) electrons. The van der Waals surface area contributed by atoms with E-state index in [0.29, 0.717) is 4.90 Å². The second kappa shape index (κ2) is 8.49. The second-order valence-corrected chi connectivity index (χ2v) is 10.5. The third kappa shape index (κ3) is 4.15. The lowest BCUT2D eigenvalue weighted by molar-refractivity contribution is 0.260. The first-order valence-electron chi connectivity index (χ1n) is 10.6. The van der Waals surface area contributed by atoms with Crippen LogP contribution in [-0.2, 0) is 42.1 Å². The summed E-state index contributed by atoms with van der Waals surface area (Å²) < 4.78 is 20.3. The first-order chi connectivity index (χ1) is 14.4. The Morgan fingerprint density at radius 2 is 1.63 bits per heavy atom. The van der Waals surface area contributed by atoms with Gasteiger partial charge in [0, 0.05) is 12.2 Å². The zero-order valence-electron chi connectivity index (χ0n) is 18.0. The van der Waals surface area contributed by atoms with Gasteiger partial charge >= 0.3 is 6.03 Å². The minimum atomic E-state index is -3.05. The van der Waals surface area contributed by atoms with E-state index in [2.05, 4.69) is 25.4 Å². The summed E-state index contributed by atoms with van der Waals surface area (Å²) in [4.78, 5) is 15.4. The Kier molecular flexibility index (Phi) is 5.95. The van der Waals surface area contributed by atoms with Crippen LogP contribution in [0.15, 0.2) is 39.6 Å². The molecule has 6 nitrogen and oxygen atoms in total. The Labute approximate surface area is 179 Å². The summed E-state index contributed by atoms with van der Waals surface area (Å²) >= 11 is 0. The summed E-state index contributed by atoms with van der Waals surface area (Å²) in [6, 6.07) is 9.19. The molecular formula is C23H30N4O2S. The summed E-state index contributed by atoms with van der Waals surface area (Å²) in [6.45, 7) is 0.795. The third-order valence-electron chi connectivity index (χ3n) is 5.93. The quantitative estimate of drug-likeness (QED) is 0.761. The zero-order valence-corrected chi connectivity index (χ0v) is 18.8. The number of anilines is 1. The highest BCUT2D eigenvalue weighted by Crippen LogP contribution is 2.38. The maximum Gasteiger partial charge on any atom is 0.354 e. The van der Waals surface area contributed by atoms with Crippen molar-refractivity contribution in [2.24, 2.45) is 4.36 Å². The lowest BCUT2D eigenvalue weighted by Gasteiger charge is -2.16.